The van der Waals surface area contributed by atoms with E-state index in [0.717, 1.165) is 5.69 Å². The van der Waals surface area contributed by atoms with Crippen molar-refractivity contribution >= 4 is 32.4 Å². The Kier molecular flexibility index (Phi) is 4.19. The van der Waals surface area contributed by atoms with Crippen LogP contribution < -0.4 is 10.0 Å². The SMILES string of the molecule is CNc1ncc(S(=O)(=O)Nc2nc(C(C)C)cs2)cn1. The number of nitrogens with one attached hydrogen (secondary N) is 2. The molecule has 2 heterocycles. The molecule has 0 saturated carbocycles. The van der Waals surface area contributed by atoms with Crippen LogP contribution in [0.4, 0.5) is 11.1 Å². The molecule has 2 aromatic heterocycles. The van der Waals surface area contributed by atoms with Crippen LogP contribution in [0, 0.1) is 0 Å². The Morgan fingerprint density at radius 1 is 1.25 bits per heavy atom. The lowest BCUT2D eigenvalue weighted by atomic mass is 10.2. The van der Waals surface area contributed by atoms with Gasteiger partial charge in [0.05, 0.1) is 18.1 Å². The minimum Gasteiger partial charge on any atom is -0.357 e. The maximum atomic E-state index is 12.1. The molecule has 0 aliphatic rings. The Hall–Kier alpha value is -1.74. The maximum absolute atomic E-state index is 12.1. The predicted octanol–water partition coefficient (Wildman–Crippen LogP) is 1.90. The standard InChI is InChI=1S/C11H15N5O2S2/c1-7(2)9-6-19-11(15-9)16-20(17,18)8-4-13-10(12-3)14-5-8/h4-7H,1-3H3,(H,15,16)(H,12,13,14). The van der Waals surface area contributed by atoms with Crippen LogP contribution in [0.25, 0.3) is 0 Å². The first-order valence-corrected chi connectivity index (χ1v) is 8.26. The molecule has 0 spiro atoms. The quantitative estimate of drug-likeness (QED) is 0.875. The predicted molar refractivity (Wildman–Crippen MR) is 78.6 cm³/mol. The first-order chi connectivity index (χ1) is 9.42. The molecule has 20 heavy (non-hydrogen) atoms. The molecule has 0 radical (unpaired) electrons. The second-order valence-corrected chi connectivity index (χ2v) is 6.87. The van der Waals surface area contributed by atoms with E-state index >= 15 is 0 Å². The second-order valence-electron chi connectivity index (χ2n) is 4.33. The number of thiazole rings is 1. The highest BCUT2D eigenvalue weighted by molar-refractivity contribution is 7.93. The Morgan fingerprint density at radius 2 is 1.90 bits per heavy atom. The highest BCUT2D eigenvalue weighted by Gasteiger charge is 2.17. The summed E-state index contributed by atoms with van der Waals surface area (Å²) >= 11 is 1.25. The van der Waals surface area contributed by atoms with E-state index in [2.05, 4.69) is 25.0 Å². The van der Waals surface area contributed by atoms with E-state index in [1.165, 1.54) is 23.7 Å². The highest BCUT2D eigenvalue weighted by atomic mass is 32.2. The molecule has 0 aliphatic heterocycles. The summed E-state index contributed by atoms with van der Waals surface area (Å²) in [7, 11) is -2.05. The first-order valence-electron chi connectivity index (χ1n) is 5.90. The highest BCUT2D eigenvalue weighted by Crippen LogP contribution is 2.23. The van der Waals surface area contributed by atoms with E-state index in [1.54, 1.807) is 7.05 Å². The van der Waals surface area contributed by atoms with Gasteiger partial charge in [-0.3, -0.25) is 4.72 Å². The number of rotatable bonds is 5. The van der Waals surface area contributed by atoms with Gasteiger partial charge in [0.15, 0.2) is 5.13 Å². The third kappa shape index (κ3) is 3.23. The molecule has 0 aromatic carbocycles. The normalized spacial score (nSPS) is 11.6. The summed E-state index contributed by atoms with van der Waals surface area (Å²) in [5, 5.41) is 4.90. The molecule has 0 fully saturated rings. The third-order valence-corrected chi connectivity index (χ3v) is 4.70. The van der Waals surface area contributed by atoms with Crippen LogP contribution in [0.2, 0.25) is 0 Å². The molecule has 9 heteroatoms. The number of anilines is 2. The van der Waals surface area contributed by atoms with Crippen molar-refractivity contribution in [3.8, 4) is 0 Å². The van der Waals surface area contributed by atoms with Crippen LogP contribution in [0.15, 0.2) is 22.7 Å². The van der Waals surface area contributed by atoms with Gasteiger partial charge in [0.1, 0.15) is 4.90 Å². The van der Waals surface area contributed by atoms with Crippen LogP contribution in [-0.2, 0) is 10.0 Å². The van der Waals surface area contributed by atoms with Crippen LogP contribution in [0.5, 0.6) is 0 Å². The monoisotopic (exact) mass is 313 g/mol. The summed E-state index contributed by atoms with van der Waals surface area (Å²) in [5.74, 6) is 0.614. The fourth-order valence-corrected chi connectivity index (χ4v) is 3.37. The number of nitrogens with zero attached hydrogens (tertiary/aromatic N) is 3. The molecule has 0 amide bonds. The van der Waals surface area contributed by atoms with E-state index < -0.39 is 10.0 Å². The van der Waals surface area contributed by atoms with E-state index in [-0.39, 0.29) is 10.8 Å². The summed E-state index contributed by atoms with van der Waals surface area (Å²) in [6, 6.07) is 0. The summed E-state index contributed by atoms with van der Waals surface area (Å²) in [6.45, 7) is 4.00. The van der Waals surface area contributed by atoms with Crippen molar-refractivity contribution in [3.63, 3.8) is 0 Å². The largest absolute Gasteiger partial charge is 0.357 e. The zero-order valence-electron chi connectivity index (χ0n) is 11.3. The van der Waals surface area contributed by atoms with E-state index in [1.807, 2.05) is 19.2 Å². The van der Waals surface area contributed by atoms with Crippen molar-refractivity contribution in [3.05, 3.63) is 23.5 Å². The lowest BCUT2D eigenvalue weighted by molar-refractivity contribution is 0.600. The molecule has 2 aromatic rings. The van der Waals surface area contributed by atoms with Gasteiger partial charge in [0, 0.05) is 12.4 Å². The Labute approximate surface area is 121 Å². The molecule has 2 rings (SSSR count). The van der Waals surface area contributed by atoms with Crippen LogP contribution in [-0.4, -0.2) is 30.4 Å². The molecule has 108 valence electrons. The van der Waals surface area contributed by atoms with E-state index in [4.69, 9.17) is 0 Å². The minimum atomic E-state index is -3.71. The van der Waals surface area contributed by atoms with Crippen LogP contribution >= 0.6 is 11.3 Å². The van der Waals surface area contributed by atoms with Gasteiger partial charge in [-0.1, -0.05) is 13.8 Å². The lowest BCUT2D eigenvalue weighted by Crippen LogP contribution is -2.14. The van der Waals surface area contributed by atoms with Gasteiger partial charge in [-0.05, 0) is 5.92 Å². The van der Waals surface area contributed by atoms with Crippen molar-refractivity contribution < 1.29 is 8.42 Å². The van der Waals surface area contributed by atoms with Crippen molar-refractivity contribution in [1.29, 1.82) is 0 Å². The second kappa shape index (κ2) is 5.71. The van der Waals surface area contributed by atoms with E-state index in [9.17, 15) is 8.42 Å². The topological polar surface area (TPSA) is 96.9 Å². The Bertz CT molecular complexity index is 679. The smallest absolute Gasteiger partial charge is 0.266 e. The zero-order valence-corrected chi connectivity index (χ0v) is 12.9. The zero-order chi connectivity index (χ0) is 14.8. The summed E-state index contributed by atoms with van der Waals surface area (Å²) < 4.78 is 26.7. The molecular weight excluding hydrogens is 298 g/mol. The van der Waals surface area contributed by atoms with Gasteiger partial charge >= 0.3 is 0 Å². The van der Waals surface area contributed by atoms with Crippen molar-refractivity contribution in [1.82, 2.24) is 15.0 Å². The minimum absolute atomic E-state index is 0.00204. The summed E-state index contributed by atoms with van der Waals surface area (Å²) in [6.07, 6.45) is 2.50. The van der Waals surface area contributed by atoms with Gasteiger partial charge in [-0.25, -0.2) is 23.4 Å². The molecule has 0 bridgehead atoms. The maximum Gasteiger partial charge on any atom is 0.266 e. The van der Waals surface area contributed by atoms with Gasteiger partial charge in [0.25, 0.3) is 10.0 Å². The molecule has 0 aliphatic carbocycles. The molecule has 2 N–H and O–H groups in total. The van der Waals surface area contributed by atoms with Gasteiger partial charge in [0.2, 0.25) is 5.95 Å². The van der Waals surface area contributed by atoms with Crippen molar-refractivity contribution in [2.24, 2.45) is 0 Å². The molecular formula is C11H15N5O2S2. The lowest BCUT2D eigenvalue weighted by Gasteiger charge is -2.05. The van der Waals surface area contributed by atoms with Crippen molar-refractivity contribution in [2.45, 2.75) is 24.7 Å². The van der Waals surface area contributed by atoms with E-state index in [0.29, 0.717) is 11.1 Å². The average molecular weight is 313 g/mol. The molecule has 0 atom stereocenters. The van der Waals surface area contributed by atoms with Gasteiger partial charge < -0.3 is 5.32 Å². The number of aromatic nitrogens is 3. The Morgan fingerprint density at radius 3 is 2.40 bits per heavy atom. The number of sulfonamides is 1. The van der Waals surface area contributed by atoms with Crippen LogP contribution in [0.1, 0.15) is 25.5 Å². The number of hydrogen-bond acceptors (Lipinski definition) is 7. The molecule has 7 nitrogen and oxygen atoms in total. The summed E-state index contributed by atoms with van der Waals surface area (Å²) in [5.41, 5.74) is 0.856. The fraction of sp³-hybridized carbons (Fsp3) is 0.364. The average Bonchev–Trinajstić information content (AvgIpc) is 2.87. The first kappa shape index (κ1) is 14.7. The molecule has 0 unspecified atom stereocenters. The molecule has 0 saturated heterocycles. The Balaban J connectivity index is 2.21. The number of hydrogen-bond donors (Lipinski definition) is 2. The van der Waals surface area contributed by atoms with Crippen molar-refractivity contribution in [2.75, 3.05) is 17.1 Å². The van der Waals surface area contributed by atoms with Crippen LogP contribution in [0.3, 0.4) is 0 Å². The van der Waals surface area contributed by atoms with Gasteiger partial charge in [-0.2, -0.15) is 0 Å². The third-order valence-electron chi connectivity index (χ3n) is 2.50. The fourth-order valence-electron chi connectivity index (χ4n) is 1.36. The van der Waals surface area contributed by atoms with Gasteiger partial charge in [-0.15, -0.1) is 11.3 Å². The summed E-state index contributed by atoms with van der Waals surface area (Å²) in [4.78, 5) is 12.0.